The number of hydrogen-bond donors (Lipinski definition) is 3. The molecule has 0 aliphatic rings. The predicted octanol–water partition coefficient (Wildman–Crippen LogP) is 1.31. The summed E-state index contributed by atoms with van der Waals surface area (Å²) in [4.78, 5) is 11.4. The first-order valence-corrected chi connectivity index (χ1v) is 6.57. The number of aliphatic hydroxyl groups excluding tert-OH is 1. The lowest BCUT2D eigenvalue weighted by Gasteiger charge is -2.10. The van der Waals surface area contributed by atoms with Crippen molar-refractivity contribution in [3.63, 3.8) is 0 Å². The summed E-state index contributed by atoms with van der Waals surface area (Å²) < 4.78 is 11.1. The summed E-state index contributed by atoms with van der Waals surface area (Å²) in [7, 11) is 0. The van der Waals surface area contributed by atoms with E-state index in [1.54, 1.807) is 13.0 Å². The molecule has 0 aliphatic carbocycles. The fourth-order valence-electron chi connectivity index (χ4n) is 1.97. The minimum absolute atomic E-state index is 0.0614. The molecule has 0 unspecified atom stereocenters. The number of nitrogen functional groups attached to an aromatic ring is 1. The second-order valence-corrected chi connectivity index (χ2v) is 4.54. The summed E-state index contributed by atoms with van der Waals surface area (Å²) >= 11 is 0. The molecule has 2 rings (SSSR count). The van der Waals surface area contributed by atoms with Gasteiger partial charge in [-0.15, -0.1) is 0 Å². The van der Waals surface area contributed by atoms with Crippen LogP contribution in [0.2, 0.25) is 0 Å². The topological polar surface area (TPSA) is 97.7 Å². The maximum atomic E-state index is 11.4. The third-order valence-corrected chi connectivity index (χ3v) is 3.11. The van der Waals surface area contributed by atoms with Crippen LogP contribution in [0.5, 0.6) is 5.75 Å². The van der Waals surface area contributed by atoms with Gasteiger partial charge in [0, 0.05) is 12.2 Å². The maximum Gasteiger partial charge on any atom is 0.300 e. The fraction of sp³-hybridized carbons (Fsp3) is 0.267. The number of carbonyl (C=O) groups excluding carboxylic acids is 1. The number of nitrogens with one attached hydrogen (secondary N) is 1. The number of rotatable bonds is 6. The van der Waals surface area contributed by atoms with E-state index in [-0.39, 0.29) is 19.0 Å². The monoisotopic (exact) mass is 290 g/mol. The lowest BCUT2D eigenvalue weighted by molar-refractivity contribution is 0.0924. The van der Waals surface area contributed by atoms with Crippen molar-refractivity contribution < 1.29 is 19.1 Å². The molecule has 0 radical (unpaired) electrons. The van der Waals surface area contributed by atoms with Crippen LogP contribution >= 0.6 is 0 Å². The van der Waals surface area contributed by atoms with Crippen molar-refractivity contribution in [1.29, 1.82) is 0 Å². The standard InChI is InChI=1S/C15H18N2O4/c1-10-12(8-14(21-10)15(19)17-16)9-20-13-5-3-2-4-11(13)6-7-18/h2-5,8,18H,6-7,9,16H2,1H3,(H,17,19). The van der Waals surface area contributed by atoms with E-state index in [0.29, 0.717) is 17.9 Å². The van der Waals surface area contributed by atoms with Gasteiger partial charge in [-0.25, -0.2) is 5.84 Å². The molecule has 21 heavy (non-hydrogen) atoms. The van der Waals surface area contributed by atoms with Gasteiger partial charge in [-0.3, -0.25) is 10.2 Å². The molecule has 1 amide bonds. The Hall–Kier alpha value is -2.31. The lowest BCUT2D eigenvalue weighted by atomic mass is 10.1. The maximum absolute atomic E-state index is 11.4. The molecule has 1 aromatic carbocycles. The molecule has 6 nitrogen and oxygen atoms in total. The van der Waals surface area contributed by atoms with Crippen LogP contribution < -0.4 is 16.0 Å². The van der Waals surface area contributed by atoms with Crippen LogP contribution in [0.25, 0.3) is 0 Å². The van der Waals surface area contributed by atoms with Gasteiger partial charge in [-0.1, -0.05) is 18.2 Å². The van der Waals surface area contributed by atoms with Crippen molar-refractivity contribution >= 4 is 5.91 Å². The second-order valence-electron chi connectivity index (χ2n) is 4.54. The number of ether oxygens (including phenoxy) is 1. The van der Waals surface area contributed by atoms with E-state index in [4.69, 9.17) is 20.1 Å². The van der Waals surface area contributed by atoms with E-state index in [0.717, 1.165) is 11.1 Å². The van der Waals surface area contributed by atoms with E-state index >= 15 is 0 Å². The van der Waals surface area contributed by atoms with Crippen molar-refractivity contribution in [2.45, 2.75) is 20.0 Å². The van der Waals surface area contributed by atoms with Crippen LogP contribution in [0.3, 0.4) is 0 Å². The van der Waals surface area contributed by atoms with Gasteiger partial charge >= 0.3 is 5.91 Å². The number of furan rings is 1. The molecule has 0 bridgehead atoms. The third kappa shape index (κ3) is 3.62. The number of hydrogen-bond acceptors (Lipinski definition) is 5. The van der Waals surface area contributed by atoms with Gasteiger partial charge in [-0.2, -0.15) is 0 Å². The quantitative estimate of drug-likeness (QED) is 0.423. The highest BCUT2D eigenvalue weighted by Crippen LogP contribution is 2.22. The van der Waals surface area contributed by atoms with E-state index in [1.165, 1.54) is 0 Å². The number of aryl methyl sites for hydroxylation is 1. The summed E-state index contributed by atoms with van der Waals surface area (Å²) in [6, 6.07) is 9.11. The zero-order valence-corrected chi connectivity index (χ0v) is 11.8. The van der Waals surface area contributed by atoms with Crippen molar-refractivity contribution in [2.75, 3.05) is 6.61 Å². The van der Waals surface area contributed by atoms with E-state index in [1.807, 2.05) is 29.7 Å². The molecule has 6 heteroatoms. The van der Waals surface area contributed by atoms with Gasteiger partial charge in [0.05, 0.1) is 0 Å². The molecule has 0 saturated carbocycles. The fourth-order valence-corrected chi connectivity index (χ4v) is 1.97. The van der Waals surface area contributed by atoms with Crippen LogP contribution in [-0.4, -0.2) is 17.6 Å². The summed E-state index contributed by atoms with van der Waals surface area (Å²) in [5, 5.41) is 9.04. The van der Waals surface area contributed by atoms with Crippen LogP contribution in [0.1, 0.15) is 27.4 Å². The summed E-state index contributed by atoms with van der Waals surface area (Å²) in [5.74, 6) is 6.05. The number of benzene rings is 1. The Kier molecular flexibility index (Phi) is 4.97. The Morgan fingerprint density at radius 2 is 2.14 bits per heavy atom. The van der Waals surface area contributed by atoms with Crippen LogP contribution in [-0.2, 0) is 13.0 Å². The van der Waals surface area contributed by atoms with Crippen LogP contribution in [0.4, 0.5) is 0 Å². The Morgan fingerprint density at radius 3 is 2.86 bits per heavy atom. The van der Waals surface area contributed by atoms with Gasteiger partial charge in [0.2, 0.25) is 0 Å². The molecular weight excluding hydrogens is 272 g/mol. The van der Waals surface area contributed by atoms with Gasteiger partial charge in [0.1, 0.15) is 18.1 Å². The minimum atomic E-state index is -0.481. The van der Waals surface area contributed by atoms with Gasteiger partial charge in [0.15, 0.2) is 5.76 Å². The average molecular weight is 290 g/mol. The summed E-state index contributed by atoms with van der Waals surface area (Å²) in [5.41, 5.74) is 3.72. The lowest BCUT2D eigenvalue weighted by Crippen LogP contribution is -2.29. The molecule has 0 aliphatic heterocycles. The largest absolute Gasteiger partial charge is 0.488 e. The Morgan fingerprint density at radius 1 is 1.38 bits per heavy atom. The Labute approximate surface area is 122 Å². The van der Waals surface area contributed by atoms with Crippen LogP contribution in [0, 0.1) is 6.92 Å². The molecular formula is C15H18N2O4. The Bertz CT molecular complexity index is 622. The predicted molar refractivity (Wildman–Crippen MR) is 76.7 cm³/mol. The molecule has 1 heterocycles. The molecule has 4 N–H and O–H groups in total. The van der Waals surface area contributed by atoms with E-state index < -0.39 is 5.91 Å². The number of hydrazine groups is 1. The van der Waals surface area contributed by atoms with E-state index in [2.05, 4.69) is 0 Å². The highest BCUT2D eigenvalue weighted by atomic mass is 16.5. The molecule has 0 spiro atoms. The smallest absolute Gasteiger partial charge is 0.300 e. The first-order chi connectivity index (χ1) is 10.2. The average Bonchev–Trinajstić information content (AvgIpc) is 2.87. The SMILES string of the molecule is Cc1oc(C(=O)NN)cc1COc1ccccc1CCO. The van der Waals surface area contributed by atoms with E-state index in [9.17, 15) is 4.79 Å². The number of aliphatic hydroxyl groups is 1. The first-order valence-electron chi connectivity index (χ1n) is 6.57. The van der Waals surface area contributed by atoms with Gasteiger partial charge in [0.25, 0.3) is 0 Å². The zero-order chi connectivity index (χ0) is 15.2. The Balaban J connectivity index is 2.10. The number of carbonyl (C=O) groups is 1. The van der Waals surface area contributed by atoms with Gasteiger partial charge < -0.3 is 14.3 Å². The van der Waals surface area contributed by atoms with Gasteiger partial charge in [-0.05, 0) is 31.0 Å². The third-order valence-electron chi connectivity index (χ3n) is 3.11. The van der Waals surface area contributed by atoms with Crippen molar-refractivity contribution in [2.24, 2.45) is 5.84 Å². The number of para-hydroxylation sites is 1. The zero-order valence-electron chi connectivity index (χ0n) is 11.8. The molecule has 2 aromatic rings. The molecule has 112 valence electrons. The normalized spacial score (nSPS) is 10.4. The van der Waals surface area contributed by atoms with Crippen molar-refractivity contribution in [3.8, 4) is 5.75 Å². The summed E-state index contributed by atoms with van der Waals surface area (Å²) in [6.07, 6.45) is 0.529. The highest BCUT2D eigenvalue weighted by Gasteiger charge is 2.14. The van der Waals surface area contributed by atoms with Crippen LogP contribution in [0.15, 0.2) is 34.7 Å². The molecule has 0 saturated heterocycles. The minimum Gasteiger partial charge on any atom is -0.488 e. The molecule has 0 atom stereocenters. The number of amides is 1. The highest BCUT2D eigenvalue weighted by molar-refractivity contribution is 5.91. The number of nitrogens with two attached hydrogens (primary N) is 1. The van der Waals surface area contributed by atoms with Crippen molar-refractivity contribution in [3.05, 3.63) is 53.0 Å². The summed E-state index contributed by atoms with van der Waals surface area (Å²) in [6.45, 7) is 2.09. The first kappa shape index (κ1) is 15.1. The van der Waals surface area contributed by atoms with Crippen molar-refractivity contribution in [1.82, 2.24) is 5.43 Å². The molecule has 0 fully saturated rings. The molecule has 1 aromatic heterocycles. The second kappa shape index (κ2) is 6.92.